The second kappa shape index (κ2) is 11.5. The van der Waals surface area contributed by atoms with Gasteiger partial charge in [-0.2, -0.15) is 0 Å². The molecule has 0 saturated heterocycles. The van der Waals surface area contributed by atoms with Crippen molar-refractivity contribution in [1.82, 2.24) is 4.90 Å². The first-order valence-electron chi connectivity index (χ1n) is 11.4. The summed E-state index contributed by atoms with van der Waals surface area (Å²) in [5, 5.41) is 5.57. The van der Waals surface area contributed by atoms with Gasteiger partial charge in [0.15, 0.2) is 0 Å². The van der Waals surface area contributed by atoms with Crippen molar-refractivity contribution in [3.63, 3.8) is 0 Å². The minimum Gasteiger partial charge on any atom is -0.377 e. The Labute approximate surface area is 204 Å². The maximum Gasteiger partial charge on any atom is 0.322 e. The zero-order valence-electron chi connectivity index (χ0n) is 20.3. The zero-order valence-corrected chi connectivity index (χ0v) is 20.3. The first kappa shape index (κ1) is 25.7. The Bertz CT molecular complexity index is 1200. The molecule has 0 aliphatic carbocycles. The summed E-state index contributed by atoms with van der Waals surface area (Å²) >= 11 is 0. The van der Waals surface area contributed by atoms with E-state index in [-0.39, 0.29) is 24.2 Å². The van der Waals surface area contributed by atoms with Crippen molar-refractivity contribution >= 4 is 29.0 Å². The Hall–Kier alpha value is -3.94. The number of carbonyl (C=O) groups excluding carboxylic acids is 2. The molecule has 184 valence electrons. The Morgan fingerprint density at radius 2 is 1.54 bits per heavy atom. The third-order valence-electron chi connectivity index (χ3n) is 5.71. The van der Waals surface area contributed by atoms with Gasteiger partial charge in [-0.1, -0.05) is 19.1 Å². The van der Waals surface area contributed by atoms with E-state index in [2.05, 4.69) is 10.6 Å². The van der Waals surface area contributed by atoms with Crippen molar-refractivity contribution in [2.45, 2.75) is 32.9 Å². The van der Waals surface area contributed by atoms with Gasteiger partial charge in [-0.05, 0) is 73.5 Å². The lowest BCUT2D eigenvalue weighted by molar-refractivity contribution is 0.102. The SMILES string of the molecule is CCC(C)N(Cc1cc(NC(=O)c2cccc(F)c2)ccc1N(C)C)C(=O)Nc1cccc(F)c1. The lowest BCUT2D eigenvalue weighted by Gasteiger charge is -2.31. The number of rotatable bonds is 8. The number of benzene rings is 3. The monoisotopic (exact) mass is 480 g/mol. The third kappa shape index (κ3) is 6.79. The molecule has 2 N–H and O–H groups in total. The number of amides is 3. The van der Waals surface area contributed by atoms with Crippen molar-refractivity contribution in [2.24, 2.45) is 0 Å². The molecule has 0 spiro atoms. The van der Waals surface area contributed by atoms with E-state index >= 15 is 0 Å². The fourth-order valence-electron chi connectivity index (χ4n) is 3.65. The molecule has 3 rings (SSSR count). The summed E-state index contributed by atoms with van der Waals surface area (Å²) in [7, 11) is 3.79. The molecule has 3 aromatic carbocycles. The summed E-state index contributed by atoms with van der Waals surface area (Å²) in [6.07, 6.45) is 0.712. The van der Waals surface area contributed by atoms with E-state index in [0.717, 1.165) is 11.3 Å². The molecule has 0 fully saturated rings. The van der Waals surface area contributed by atoms with E-state index in [4.69, 9.17) is 0 Å². The van der Waals surface area contributed by atoms with Crippen LogP contribution in [0.2, 0.25) is 0 Å². The van der Waals surface area contributed by atoms with Gasteiger partial charge in [-0.15, -0.1) is 0 Å². The molecule has 6 nitrogen and oxygen atoms in total. The first-order chi connectivity index (χ1) is 16.7. The topological polar surface area (TPSA) is 64.7 Å². The fourth-order valence-corrected chi connectivity index (χ4v) is 3.65. The zero-order chi connectivity index (χ0) is 25.5. The average molecular weight is 481 g/mol. The molecule has 0 aromatic heterocycles. The van der Waals surface area contributed by atoms with Crippen molar-refractivity contribution in [2.75, 3.05) is 29.6 Å². The van der Waals surface area contributed by atoms with Crippen LogP contribution in [-0.4, -0.2) is 37.0 Å². The Balaban J connectivity index is 1.87. The normalized spacial score (nSPS) is 11.5. The van der Waals surface area contributed by atoms with Gasteiger partial charge in [0.2, 0.25) is 0 Å². The molecule has 0 radical (unpaired) electrons. The predicted molar refractivity (Wildman–Crippen MR) is 136 cm³/mol. The van der Waals surface area contributed by atoms with Gasteiger partial charge in [0.05, 0.1) is 0 Å². The van der Waals surface area contributed by atoms with Crippen LogP contribution in [0.1, 0.15) is 36.2 Å². The standard InChI is InChI=1S/C27H30F2N4O2/c1-5-18(2)33(27(35)31-23-11-7-10-22(29)16-23)17-20-15-24(12-13-25(20)32(3)4)30-26(34)19-8-6-9-21(28)14-19/h6-16,18H,5,17H2,1-4H3,(H,30,34)(H,31,35). The first-order valence-corrected chi connectivity index (χ1v) is 11.4. The number of carbonyl (C=O) groups is 2. The second-order valence-corrected chi connectivity index (χ2v) is 8.53. The largest absolute Gasteiger partial charge is 0.377 e. The molecule has 1 unspecified atom stereocenters. The Morgan fingerprint density at radius 1 is 0.886 bits per heavy atom. The van der Waals surface area contributed by atoms with E-state index in [1.807, 2.05) is 38.9 Å². The van der Waals surface area contributed by atoms with Gasteiger partial charge in [0.25, 0.3) is 5.91 Å². The lowest BCUT2D eigenvalue weighted by atomic mass is 10.1. The number of nitrogens with zero attached hydrogens (tertiary/aromatic N) is 2. The minimum absolute atomic E-state index is 0.107. The smallest absolute Gasteiger partial charge is 0.322 e. The number of nitrogens with one attached hydrogen (secondary N) is 2. The summed E-state index contributed by atoms with van der Waals surface area (Å²) in [6.45, 7) is 4.18. The Morgan fingerprint density at radius 3 is 2.17 bits per heavy atom. The van der Waals surface area contributed by atoms with Crippen LogP contribution in [0.4, 0.5) is 30.6 Å². The molecule has 3 aromatic rings. The summed E-state index contributed by atoms with van der Waals surface area (Å²) in [4.78, 5) is 29.4. The van der Waals surface area contributed by atoms with E-state index in [1.54, 1.807) is 23.1 Å². The van der Waals surface area contributed by atoms with Crippen LogP contribution in [0.25, 0.3) is 0 Å². The fraction of sp³-hybridized carbons (Fsp3) is 0.259. The molecule has 8 heteroatoms. The molecule has 1 atom stereocenters. The summed E-state index contributed by atoms with van der Waals surface area (Å²) < 4.78 is 27.1. The van der Waals surface area contributed by atoms with E-state index in [1.165, 1.54) is 42.5 Å². The van der Waals surface area contributed by atoms with Gasteiger partial charge in [0, 0.05) is 49.3 Å². The summed E-state index contributed by atoms with van der Waals surface area (Å²) in [5.41, 5.74) is 2.78. The van der Waals surface area contributed by atoms with Crippen molar-refractivity contribution in [3.8, 4) is 0 Å². The lowest BCUT2D eigenvalue weighted by Crippen LogP contribution is -2.41. The predicted octanol–water partition coefficient (Wildman–Crippen LogP) is 6.12. The number of hydrogen-bond acceptors (Lipinski definition) is 3. The molecule has 3 amide bonds. The highest BCUT2D eigenvalue weighted by atomic mass is 19.1. The highest BCUT2D eigenvalue weighted by Crippen LogP contribution is 2.26. The van der Waals surface area contributed by atoms with Crippen LogP contribution in [0.5, 0.6) is 0 Å². The highest BCUT2D eigenvalue weighted by molar-refractivity contribution is 6.04. The molecule has 0 saturated carbocycles. The molecule has 0 bridgehead atoms. The van der Waals surface area contributed by atoms with E-state index in [9.17, 15) is 18.4 Å². The molecule has 0 heterocycles. The van der Waals surface area contributed by atoms with Crippen molar-refractivity contribution in [1.29, 1.82) is 0 Å². The summed E-state index contributed by atoms with van der Waals surface area (Å²) in [6, 6.07) is 16.2. The Kier molecular flexibility index (Phi) is 8.41. The van der Waals surface area contributed by atoms with Crippen LogP contribution >= 0.6 is 0 Å². The van der Waals surface area contributed by atoms with Crippen LogP contribution < -0.4 is 15.5 Å². The molecular formula is C27H30F2N4O2. The average Bonchev–Trinajstić information content (AvgIpc) is 2.82. The quantitative estimate of drug-likeness (QED) is 0.409. The number of urea groups is 1. The minimum atomic E-state index is -0.491. The number of anilines is 3. The molecule has 0 aliphatic heterocycles. The maximum atomic E-state index is 13.6. The maximum absolute atomic E-state index is 13.6. The van der Waals surface area contributed by atoms with Gasteiger partial charge in [0.1, 0.15) is 11.6 Å². The van der Waals surface area contributed by atoms with Gasteiger partial charge in [-0.25, -0.2) is 13.6 Å². The highest BCUT2D eigenvalue weighted by Gasteiger charge is 2.22. The van der Waals surface area contributed by atoms with E-state index in [0.29, 0.717) is 17.8 Å². The van der Waals surface area contributed by atoms with Crippen LogP contribution in [0.3, 0.4) is 0 Å². The van der Waals surface area contributed by atoms with Gasteiger partial charge in [-0.3, -0.25) is 4.79 Å². The van der Waals surface area contributed by atoms with Gasteiger partial charge < -0.3 is 20.4 Å². The number of hydrogen-bond donors (Lipinski definition) is 2. The second-order valence-electron chi connectivity index (χ2n) is 8.53. The third-order valence-corrected chi connectivity index (χ3v) is 5.71. The molecule has 0 aliphatic rings. The van der Waals surface area contributed by atoms with Gasteiger partial charge >= 0.3 is 6.03 Å². The van der Waals surface area contributed by atoms with E-state index < -0.39 is 17.5 Å². The van der Waals surface area contributed by atoms with Crippen LogP contribution in [0, 0.1) is 11.6 Å². The van der Waals surface area contributed by atoms with Crippen LogP contribution in [-0.2, 0) is 6.54 Å². The molecular weight excluding hydrogens is 450 g/mol. The number of halogens is 2. The molecule has 35 heavy (non-hydrogen) atoms. The van der Waals surface area contributed by atoms with Crippen molar-refractivity contribution in [3.05, 3.63) is 89.5 Å². The van der Waals surface area contributed by atoms with Crippen molar-refractivity contribution < 1.29 is 18.4 Å². The van der Waals surface area contributed by atoms with Crippen LogP contribution in [0.15, 0.2) is 66.7 Å². The summed E-state index contributed by atoms with van der Waals surface area (Å²) in [5.74, 6) is -1.36.